The van der Waals surface area contributed by atoms with Gasteiger partial charge < -0.3 is 10.2 Å². The van der Waals surface area contributed by atoms with Crippen molar-refractivity contribution in [2.45, 2.75) is 0 Å². The predicted molar refractivity (Wildman–Crippen MR) is 121 cm³/mol. The van der Waals surface area contributed by atoms with E-state index in [-0.39, 0.29) is 19.0 Å². The molecule has 4 heterocycles. The van der Waals surface area contributed by atoms with Gasteiger partial charge in [-0.3, -0.25) is 14.9 Å². The molecular formula is C21H21N7O3S. The van der Waals surface area contributed by atoms with Gasteiger partial charge in [0.05, 0.1) is 11.6 Å². The molecule has 0 atom stereocenters. The molecular weight excluding hydrogens is 430 g/mol. The van der Waals surface area contributed by atoms with Crippen molar-refractivity contribution in [2.24, 2.45) is 0 Å². The van der Waals surface area contributed by atoms with Crippen LogP contribution in [0.3, 0.4) is 0 Å². The summed E-state index contributed by atoms with van der Waals surface area (Å²) in [5.41, 5.74) is 1.88. The second-order valence-corrected chi connectivity index (χ2v) is 9.63. The number of nitrogens with zero attached hydrogens (tertiary/aromatic N) is 5. The Morgan fingerprint density at radius 2 is 1.84 bits per heavy atom. The minimum Gasteiger partial charge on any atom is -0.338 e. The summed E-state index contributed by atoms with van der Waals surface area (Å²) in [6.45, 7) is 1.25. The number of nitrogens with one attached hydrogen (secondary N) is 2. The molecule has 0 aliphatic carbocycles. The van der Waals surface area contributed by atoms with E-state index in [1.54, 1.807) is 17.3 Å². The Morgan fingerprint density at radius 3 is 2.62 bits per heavy atom. The number of rotatable bonds is 4. The number of aromatic amines is 1. The standard InChI is InChI=1S/C21H21N7O3S/c1-32(30,31)28-11-9-27(10-12-28)21(29)18-16-5-4-15(13-14(16)6-8-22-18)24-20-17-3-2-7-23-19(17)25-26-20/h2-8,13H,9-12H2,1H3,(H2,23,24,25,26). The first-order chi connectivity index (χ1) is 15.4. The lowest BCUT2D eigenvalue weighted by Crippen LogP contribution is -2.50. The average molecular weight is 452 g/mol. The van der Waals surface area contributed by atoms with Crippen molar-refractivity contribution < 1.29 is 13.2 Å². The van der Waals surface area contributed by atoms with Crippen LogP contribution in [0.25, 0.3) is 21.8 Å². The van der Waals surface area contributed by atoms with Gasteiger partial charge in [-0.05, 0) is 41.8 Å². The fourth-order valence-corrected chi connectivity index (χ4v) is 4.71. The summed E-state index contributed by atoms with van der Waals surface area (Å²) >= 11 is 0. The number of benzene rings is 1. The Hall–Kier alpha value is -3.57. The summed E-state index contributed by atoms with van der Waals surface area (Å²) in [5, 5.41) is 12.9. The number of piperazine rings is 1. The molecule has 0 bridgehead atoms. The summed E-state index contributed by atoms with van der Waals surface area (Å²) in [6.07, 6.45) is 4.50. The lowest BCUT2D eigenvalue weighted by molar-refractivity contribution is 0.0694. The third-order valence-electron chi connectivity index (χ3n) is 5.56. The van der Waals surface area contributed by atoms with E-state index in [4.69, 9.17) is 0 Å². The van der Waals surface area contributed by atoms with Crippen LogP contribution in [0, 0.1) is 0 Å². The molecule has 3 aromatic heterocycles. The molecule has 0 saturated carbocycles. The molecule has 10 nitrogen and oxygen atoms in total. The van der Waals surface area contributed by atoms with Crippen molar-refractivity contribution in [1.82, 2.24) is 29.4 Å². The summed E-state index contributed by atoms with van der Waals surface area (Å²) in [6, 6.07) is 11.3. The fourth-order valence-electron chi connectivity index (χ4n) is 3.89. The maximum Gasteiger partial charge on any atom is 0.273 e. The van der Waals surface area contributed by atoms with E-state index in [1.165, 1.54) is 10.6 Å². The zero-order valence-electron chi connectivity index (χ0n) is 17.3. The molecule has 5 rings (SSSR count). The number of aromatic nitrogens is 4. The highest BCUT2D eigenvalue weighted by Crippen LogP contribution is 2.27. The van der Waals surface area contributed by atoms with Crippen molar-refractivity contribution in [3.05, 3.63) is 54.5 Å². The van der Waals surface area contributed by atoms with Crippen LogP contribution in [0.15, 0.2) is 48.8 Å². The van der Waals surface area contributed by atoms with E-state index >= 15 is 0 Å². The van der Waals surface area contributed by atoms with E-state index < -0.39 is 10.0 Å². The molecule has 0 radical (unpaired) electrons. The van der Waals surface area contributed by atoms with Gasteiger partial charge in [0.1, 0.15) is 5.69 Å². The van der Waals surface area contributed by atoms with Crippen molar-refractivity contribution in [3.8, 4) is 0 Å². The molecule has 1 fully saturated rings. The molecule has 164 valence electrons. The average Bonchev–Trinajstić information content (AvgIpc) is 3.20. The Morgan fingerprint density at radius 1 is 1.03 bits per heavy atom. The minimum atomic E-state index is -3.25. The molecule has 1 aromatic carbocycles. The Bertz CT molecular complexity index is 1430. The lowest BCUT2D eigenvalue weighted by Gasteiger charge is -2.33. The van der Waals surface area contributed by atoms with Crippen LogP contribution in [0.5, 0.6) is 0 Å². The largest absolute Gasteiger partial charge is 0.338 e. The topological polar surface area (TPSA) is 124 Å². The van der Waals surface area contributed by atoms with E-state index in [0.29, 0.717) is 30.2 Å². The maximum atomic E-state index is 13.1. The van der Waals surface area contributed by atoms with Gasteiger partial charge in [-0.25, -0.2) is 13.4 Å². The molecule has 2 N–H and O–H groups in total. The highest BCUT2D eigenvalue weighted by Gasteiger charge is 2.28. The molecule has 1 amide bonds. The van der Waals surface area contributed by atoms with E-state index in [0.717, 1.165) is 21.8 Å². The highest BCUT2D eigenvalue weighted by molar-refractivity contribution is 7.88. The van der Waals surface area contributed by atoms with Crippen molar-refractivity contribution >= 4 is 49.2 Å². The number of H-pyrrole nitrogens is 1. The number of amides is 1. The Labute approximate surface area is 184 Å². The summed E-state index contributed by atoms with van der Waals surface area (Å²) in [5.74, 6) is 0.468. The Balaban J connectivity index is 1.39. The maximum absolute atomic E-state index is 13.1. The third-order valence-corrected chi connectivity index (χ3v) is 6.86. The first-order valence-electron chi connectivity index (χ1n) is 10.1. The molecule has 1 aliphatic rings. The van der Waals surface area contributed by atoms with Crippen molar-refractivity contribution in [1.29, 1.82) is 0 Å². The monoisotopic (exact) mass is 451 g/mol. The normalized spacial score (nSPS) is 15.3. The SMILES string of the molecule is CS(=O)(=O)N1CCN(C(=O)c2nccc3cc(Nc4n[nH]c5ncccc45)ccc23)CC1. The molecule has 0 spiro atoms. The minimum absolute atomic E-state index is 0.200. The number of pyridine rings is 2. The van der Waals surface area contributed by atoms with E-state index in [2.05, 4.69) is 25.5 Å². The second-order valence-electron chi connectivity index (χ2n) is 7.65. The molecule has 1 aliphatic heterocycles. The van der Waals surface area contributed by atoms with E-state index in [1.807, 2.05) is 36.4 Å². The van der Waals surface area contributed by atoms with E-state index in [9.17, 15) is 13.2 Å². The molecule has 4 aromatic rings. The summed E-state index contributed by atoms with van der Waals surface area (Å²) < 4.78 is 24.8. The quantitative estimate of drug-likeness (QED) is 0.486. The number of anilines is 2. The van der Waals surface area contributed by atoms with Gasteiger partial charge in [0.15, 0.2) is 11.5 Å². The molecule has 1 saturated heterocycles. The van der Waals surface area contributed by atoms with Gasteiger partial charge in [-0.15, -0.1) is 0 Å². The van der Waals surface area contributed by atoms with Crippen LogP contribution in [0.4, 0.5) is 11.5 Å². The molecule has 32 heavy (non-hydrogen) atoms. The van der Waals surface area contributed by atoms with Gasteiger partial charge >= 0.3 is 0 Å². The van der Waals surface area contributed by atoms with Crippen LogP contribution >= 0.6 is 0 Å². The number of hydrogen-bond acceptors (Lipinski definition) is 7. The second kappa shape index (κ2) is 7.84. The zero-order chi connectivity index (χ0) is 22.3. The first kappa shape index (κ1) is 20.3. The predicted octanol–water partition coefficient (Wildman–Crippen LogP) is 1.97. The van der Waals surface area contributed by atoms with Gasteiger partial charge in [0.25, 0.3) is 5.91 Å². The Kier molecular flexibility index (Phi) is 4.98. The van der Waals surface area contributed by atoms with Crippen LogP contribution in [0.2, 0.25) is 0 Å². The zero-order valence-corrected chi connectivity index (χ0v) is 18.1. The lowest BCUT2D eigenvalue weighted by atomic mass is 10.1. The first-order valence-corrected chi connectivity index (χ1v) is 11.9. The van der Waals surface area contributed by atoms with Gasteiger partial charge in [-0.1, -0.05) is 0 Å². The van der Waals surface area contributed by atoms with Crippen LogP contribution in [0.1, 0.15) is 10.5 Å². The number of carbonyl (C=O) groups excluding carboxylic acids is 1. The van der Waals surface area contributed by atoms with Gasteiger partial charge in [0.2, 0.25) is 10.0 Å². The number of carbonyl (C=O) groups is 1. The smallest absolute Gasteiger partial charge is 0.273 e. The number of fused-ring (bicyclic) bond motifs is 2. The summed E-state index contributed by atoms with van der Waals surface area (Å²) in [4.78, 5) is 23.3. The molecule has 11 heteroatoms. The van der Waals surface area contributed by atoms with Crippen molar-refractivity contribution in [3.63, 3.8) is 0 Å². The third kappa shape index (κ3) is 3.76. The van der Waals surface area contributed by atoms with Crippen LogP contribution in [-0.4, -0.2) is 76.1 Å². The highest BCUT2D eigenvalue weighted by atomic mass is 32.2. The summed E-state index contributed by atoms with van der Waals surface area (Å²) in [7, 11) is -3.25. The van der Waals surface area contributed by atoms with Gasteiger partial charge in [0, 0.05) is 49.6 Å². The van der Waals surface area contributed by atoms with Crippen LogP contribution < -0.4 is 5.32 Å². The number of hydrogen-bond donors (Lipinski definition) is 2. The fraction of sp³-hybridized carbons (Fsp3) is 0.238. The van der Waals surface area contributed by atoms with Crippen LogP contribution in [-0.2, 0) is 10.0 Å². The molecule has 0 unspecified atom stereocenters. The van der Waals surface area contributed by atoms with Crippen molar-refractivity contribution in [2.75, 3.05) is 37.8 Å². The number of sulfonamides is 1. The van der Waals surface area contributed by atoms with Gasteiger partial charge in [-0.2, -0.15) is 9.40 Å².